The van der Waals surface area contributed by atoms with Gasteiger partial charge < -0.3 is 4.90 Å². The van der Waals surface area contributed by atoms with Gasteiger partial charge in [0, 0.05) is 19.0 Å². The quantitative estimate of drug-likeness (QED) is 0.463. The van der Waals surface area contributed by atoms with E-state index in [0.717, 1.165) is 47.9 Å². The molecular formula is C27H27BrN2O3. The molecule has 7 rings (SSSR count). The smallest absolute Gasteiger partial charge is 0.242 e. The van der Waals surface area contributed by atoms with Crippen LogP contribution >= 0.6 is 15.9 Å². The first-order valence-electron chi connectivity index (χ1n) is 11.9. The highest BCUT2D eigenvalue weighted by Crippen LogP contribution is 2.66. The van der Waals surface area contributed by atoms with Crippen LogP contribution in [0.5, 0.6) is 0 Å². The van der Waals surface area contributed by atoms with Crippen LogP contribution in [0.4, 0.5) is 0 Å². The lowest BCUT2D eigenvalue weighted by Crippen LogP contribution is -2.50. The van der Waals surface area contributed by atoms with Crippen LogP contribution in [-0.4, -0.2) is 47.2 Å². The lowest BCUT2D eigenvalue weighted by Gasteiger charge is -2.51. The fraction of sp³-hybridized carbons (Fsp3) is 0.444. The summed E-state index contributed by atoms with van der Waals surface area (Å²) in [6.07, 6.45) is 5.44. The van der Waals surface area contributed by atoms with Crippen molar-refractivity contribution in [1.82, 2.24) is 9.80 Å². The van der Waals surface area contributed by atoms with Gasteiger partial charge in [-0.3, -0.25) is 19.3 Å². The number of imide groups is 1. The number of rotatable bonds is 3. The number of hydrogen-bond acceptors (Lipinski definition) is 3. The van der Waals surface area contributed by atoms with Gasteiger partial charge in [-0.15, -0.1) is 0 Å². The van der Waals surface area contributed by atoms with Crippen LogP contribution in [0.15, 0.2) is 48.5 Å². The minimum Gasteiger partial charge on any atom is -0.341 e. The molecule has 0 aromatic heterocycles. The number of halogens is 1. The summed E-state index contributed by atoms with van der Waals surface area (Å²) in [7, 11) is 1.82. The molecule has 0 radical (unpaired) electrons. The first kappa shape index (κ1) is 21.1. The van der Waals surface area contributed by atoms with Crippen molar-refractivity contribution in [2.24, 2.45) is 11.8 Å². The number of benzene rings is 2. The average Bonchev–Trinajstić information content (AvgIpc) is 3.10. The summed E-state index contributed by atoms with van der Waals surface area (Å²) in [5.74, 6) is -1.81. The molecule has 33 heavy (non-hydrogen) atoms. The number of carbonyl (C=O) groups is 3. The van der Waals surface area contributed by atoms with Crippen molar-refractivity contribution in [3.8, 4) is 0 Å². The minimum atomic E-state index is -0.764. The minimum absolute atomic E-state index is 0.145. The molecule has 5 aliphatic rings. The molecule has 2 fully saturated rings. The number of likely N-dealkylation sites (tertiary alicyclic amines) is 1. The molecule has 1 saturated heterocycles. The van der Waals surface area contributed by atoms with Crippen molar-refractivity contribution >= 4 is 33.7 Å². The summed E-state index contributed by atoms with van der Waals surface area (Å²) in [5.41, 5.74) is 4.32. The monoisotopic (exact) mass is 506 g/mol. The van der Waals surface area contributed by atoms with E-state index in [1.807, 2.05) is 31.3 Å². The predicted molar refractivity (Wildman–Crippen MR) is 128 cm³/mol. The molecule has 1 saturated carbocycles. The van der Waals surface area contributed by atoms with Crippen LogP contribution < -0.4 is 0 Å². The van der Waals surface area contributed by atoms with E-state index in [-0.39, 0.29) is 36.2 Å². The van der Waals surface area contributed by atoms with Gasteiger partial charge in [0.15, 0.2) is 0 Å². The summed E-state index contributed by atoms with van der Waals surface area (Å²) < 4.78 is -0.764. The number of likely N-dealkylation sites (N-methyl/N-ethyl adjacent to an activating group) is 1. The van der Waals surface area contributed by atoms with Gasteiger partial charge in [0.2, 0.25) is 17.7 Å². The van der Waals surface area contributed by atoms with Gasteiger partial charge in [-0.2, -0.15) is 0 Å². The third-order valence-corrected chi connectivity index (χ3v) is 9.76. The van der Waals surface area contributed by atoms with Crippen molar-refractivity contribution < 1.29 is 14.4 Å². The summed E-state index contributed by atoms with van der Waals surface area (Å²) in [6, 6.07) is 16.4. The van der Waals surface area contributed by atoms with E-state index in [1.165, 1.54) is 11.3 Å². The summed E-state index contributed by atoms with van der Waals surface area (Å²) in [4.78, 5) is 43.7. The summed E-state index contributed by atoms with van der Waals surface area (Å²) in [5, 5.41) is 0. The average molecular weight is 507 g/mol. The highest BCUT2D eigenvalue weighted by atomic mass is 79.9. The van der Waals surface area contributed by atoms with Crippen LogP contribution in [0, 0.1) is 11.8 Å². The van der Waals surface area contributed by atoms with Crippen molar-refractivity contribution in [1.29, 1.82) is 0 Å². The summed E-state index contributed by atoms with van der Waals surface area (Å²) >= 11 is 4.00. The molecule has 2 bridgehead atoms. The number of hydrogen-bond donors (Lipinski definition) is 0. The molecule has 1 aliphatic heterocycles. The van der Waals surface area contributed by atoms with E-state index in [9.17, 15) is 14.4 Å². The molecule has 0 N–H and O–H groups in total. The largest absolute Gasteiger partial charge is 0.341 e. The number of amides is 3. The van der Waals surface area contributed by atoms with Gasteiger partial charge in [0.05, 0.1) is 16.2 Å². The zero-order valence-corrected chi connectivity index (χ0v) is 20.3. The van der Waals surface area contributed by atoms with E-state index >= 15 is 0 Å². The Morgan fingerprint density at radius 1 is 0.970 bits per heavy atom. The van der Waals surface area contributed by atoms with Crippen LogP contribution in [0.1, 0.15) is 60.3 Å². The second-order valence-corrected chi connectivity index (χ2v) is 11.2. The Balaban J connectivity index is 1.38. The molecule has 170 valence electrons. The Labute approximate surface area is 202 Å². The molecule has 0 unspecified atom stereocenters. The van der Waals surface area contributed by atoms with Crippen molar-refractivity contribution in [2.45, 2.75) is 48.4 Å². The fourth-order valence-electron chi connectivity index (χ4n) is 6.81. The first-order chi connectivity index (χ1) is 15.9. The van der Waals surface area contributed by atoms with Crippen molar-refractivity contribution in [2.75, 3.05) is 13.6 Å². The van der Waals surface area contributed by atoms with Gasteiger partial charge in [-0.25, -0.2) is 0 Å². The molecule has 2 aromatic carbocycles. The van der Waals surface area contributed by atoms with E-state index in [0.29, 0.717) is 0 Å². The Kier molecular flexibility index (Phi) is 4.81. The Morgan fingerprint density at radius 3 is 2.15 bits per heavy atom. The SMILES string of the molecule is CN(C(=O)CN1C(=O)[C@H]2C3c4ccccc4C(Br)(c4ccccc43)[C@H]2C1=O)C1CCCCC1. The highest BCUT2D eigenvalue weighted by Gasteiger charge is 2.67. The van der Waals surface area contributed by atoms with Crippen LogP contribution in [0.25, 0.3) is 0 Å². The fourth-order valence-corrected chi connectivity index (χ4v) is 8.02. The molecule has 2 atom stereocenters. The Hall–Kier alpha value is -2.47. The number of carbonyl (C=O) groups excluding carboxylic acids is 3. The van der Waals surface area contributed by atoms with Gasteiger partial charge >= 0.3 is 0 Å². The van der Waals surface area contributed by atoms with Gasteiger partial charge in [-0.1, -0.05) is 83.7 Å². The summed E-state index contributed by atoms with van der Waals surface area (Å²) in [6.45, 7) is -0.167. The van der Waals surface area contributed by atoms with Gasteiger partial charge in [-0.05, 0) is 35.1 Å². The zero-order valence-electron chi connectivity index (χ0n) is 18.7. The van der Waals surface area contributed by atoms with Crippen molar-refractivity contribution in [3.63, 3.8) is 0 Å². The molecule has 3 amide bonds. The maximum absolute atomic E-state index is 13.8. The Morgan fingerprint density at radius 2 is 1.55 bits per heavy atom. The van der Waals surface area contributed by atoms with E-state index < -0.39 is 16.2 Å². The predicted octanol–water partition coefficient (Wildman–Crippen LogP) is 4.18. The van der Waals surface area contributed by atoms with Crippen LogP contribution in [0.3, 0.4) is 0 Å². The third-order valence-electron chi connectivity index (χ3n) is 8.41. The molecule has 0 spiro atoms. The van der Waals surface area contributed by atoms with Gasteiger partial charge in [0.25, 0.3) is 0 Å². The van der Waals surface area contributed by atoms with E-state index in [4.69, 9.17) is 0 Å². The third kappa shape index (κ3) is 2.79. The maximum atomic E-state index is 13.8. The molecule has 6 heteroatoms. The van der Waals surface area contributed by atoms with Crippen LogP contribution in [0.2, 0.25) is 0 Å². The molecule has 1 heterocycles. The topological polar surface area (TPSA) is 57.7 Å². The lowest BCUT2D eigenvalue weighted by atomic mass is 9.55. The normalized spacial score (nSPS) is 30.1. The zero-order chi connectivity index (χ0) is 22.9. The molecule has 2 aromatic rings. The second kappa shape index (κ2) is 7.52. The maximum Gasteiger partial charge on any atom is 0.242 e. The number of alkyl halides is 1. The second-order valence-electron chi connectivity index (χ2n) is 9.93. The lowest BCUT2D eigenvalue weighted by molar-refractivity contribution is -0.147. The van der Waals surface area contributed by atoms with E-state index in [2.05, 4.69) is 40.2 Å². The first-order valence-corrected chi connectivity index (χ1v) is 12.7. The standard InChI is InChI=1S/C27H27BrN2O3/c1-29(16-9-3-2-4-10-16)21(31)15-30-25(32)23-22-17-11-5-7-13-19(17)27(28,24(23)26(30)33)20-14-8-6-12-18(20)22/h5-8,11-14,16,22-24H,2-4,9-10,15H2,1H3/t22?,23-,24+,27?/m0/s1. The van der Waals surface area contributed by atoms with Gasteiger partial charge in [0.1, 0.15) is 6.54 Å². The molecule has 5 nitrogen and oxygen atoms in total. The molecular weight excluding hydrogens is 480 g/mol. The molecule has 4 aliphatic carbocycles. The number of nitrogens with zero attached hydrogens (tertiary/aromatic N) is 2. The van der Waals surface area contributed by atoms with Crippen molar-refractivity contribution in [3.05, 3.63) is 70.8 Å². The van der Waals surface area contributed by atoms with E-state index in [1.54, 1.807) is 4.90 Å². The van der Waals surface area contributed by atoms with Crippen LogP contribution in [-0.2, 0) is 18.7 Å². The highest BCUT2D eigenvalue weighted by molar-refractivity contribution is 9.09. The Bertz CT molecular complexity index is 1120.